The quantitative estimate of drug-likeness (QED) is 0.157. The third kappa shape index (κ3) is 8.89. The average molecular weight is 671 g/mol. The second-order valence-electron chi connectivity index (χ2n) is 12.0. The summed E-state index contributed by atoms with van der Waals surface area (Å²) >= 11 is 0. The van der Waals surface area contributed by atoms with Crippen LogP contribution < -0.4 is 33.9 Å². The maximum absolute atomic E-state index is 14.0. The van der Waals surface area contributed by atoms with Crippen LogP contribution in [0.15, 0.2) is 60.8 Å². The number of carbonyl (C=O) groups excluding carboxylic acids is 1. The fourth-order valence-electron chi connectivity index (χ4n) is 5.82. The Morgan fingerprint density at radius 1 is 0.857 bits per heavy atom. The van der Waals surface area contributed by atoms with Crippen molar-refractivity contribution in [3.63, 3.8) is 0 Å². The number of likely N-dealkylation sites (N-methyl/N-ethyl adjacent to an activating group) is 1. The number of ether oxygens (including phenoxy) is 5. The van der Waals surface area contributed by atoms with Gasteiger partial charge in [-0.25, -0.2) is 14.7 Å². The summed E-state index contributed by atoms with van der Waals surface area (Å²) in [7, 11) is 6.86. The molecule has 3 aromatic carbocycles. The number of hydrogen-bond acceptors (Lipinski definition) is 11. The number of nitrogens with one attached hydrogen (secondary N) is 1. The van der Waals surface area contributed by atoms with E-state index in [-0.39, 0.29) is 11.8 Å². The van der Waals surface area contributed by atoms with Crippen LogP contribution in [0, 0.1) is 20.8 Å². The van der Waals surface area contributed by atoms with E-state index in [2.05, 4.69) is 27.1 Å². The lowest BCUT2D eigenvalue weighted by atomic mass is 10.1. The zero-order chi connectivity index (χ0) is 34.9. The van der Waals surface area contributed by atoms with Gasteiger partial charge in [0.2, 0.25) is 5.95 Å². The van der Waals surface area contributed by atoms with Gasteiger partial charge in [0.05, 0.1) is 33.6 Å². The number of amides is 1. The van der Waals surface area contributed by atoms with Gasteiger partial charge in [-0.1, -0.05) is 17.7 Å². The van der Waals surface area contributed by atoms with Crippen molar-refractivity contribution < 1.29 is 28.5 Å². The predicted molar refractivity (Wildman–Crippen MR) is 191 cm³/mol. The van der Waals surface area contributed by atoms with Crippen LogP contribution in [0.1, 0.15) is 23.1 Å². The van der Waals surface area contributed by atoms with Gasteiger partial charge in [0.15, 0.2) is 11.5 Å². The minimum Gasteiger partial charge on any atom is -0.497 e. The molecule has 1 fully saturated rings. The van der Waals surface area contributed by atoms with Crippen molar-refractivity contribution in [2.75, 3.05) is 77.9 Å². The SMILES string of the molecule is COc1ccc(N(C(=O)Oc2c(C)cc(C)cc2C)c2ccnc(Nc3ccc(OCCCN4CCN(C)CC4)c(OC)c3)n2)c(OC)c1. The molecule has 2 heterocycles. The minimum absolute atomic E-state index is 0.258. The summed E-state index contributed by atoms with van der Waals surface area (Å²) in [4.78, 5) is 29.3. The minimum atomic E-state index is -0.668. The van der Waals surface area contributed by atoms with Gasteiger partial charge in [-0.2, -0.15) is 4.98 Å². The highest BCUT2D eigenvalue weighted by molar-refractivity contribution is 5.98. The Labute approximate surface area is 288 Å². The van der Waals surface area contributed by atoms with Crippen molar-refractivity contribution in [3.05, 3.63) is 77.5 Å². The number of carbonyl (C=O) groups is 1. The van der Waals surface area contributed by atoms with Gasteiger partial charge in [-0.15, -0.1) is 0 Å². The molecule has 1 aliphatic heterocycles. The van der Waals surface area contributed by atoms with E-state index < -0.39 is 6.09 Å². The van der Waals surface area contributed by atoms with Crippen LogP contribution in [0.4, 0.5) is 27.9 Å². The molecule has 49 heavy (non-hydrogen) atoms. The smallest absolute Gasteiger partial charge is 0.425 e. The van der Waals surface area contributed by atoms with Gasteiger partial charge in [-0.05, 0) is 69.6 Å². The first-order valence-corrected chi connectivity index (χ1v) is 16.3. The first kappa shape index (κ1) is 35.2. The number of rotatable bonds is 13. The summed E-state index contributed by atoms with van der Waals surface area (Å²) in [5, 5.41) is 3.23. The van der Waals surface area contributed by atoms with E-state index >= 15 is 0 Å². The van der Waals surface area contributed by atoms with Crippen molar-refractivity contribution in [1.29, 1.82) is 0 Å². The molecule has 1 aromatic heterocycles. The third-order valence-corrected chi connectivity index (χ3v) is 8.37. The molecular formula is C37H46N6O6. The Bertz CT molecular complexity index is 1720. The van der Waals surface area contributed by atoms with E-state index in [1.165, 1.54) is 12.0 Å². The van der Waals surface area contributed by atoms with E-state index in [0.717, 1.165) is 55.8 Å². The van der Waals surface area contributed by atoms with Crippen molar-refractivity contribution in [2.24, 2.45) is 0 Å². The highest BCUT2D eigenvalue weighted by atomic mass is 16.6. The van der Waals surface area contributed by atoms with Gasteiger partial charge in [0.25, 0.3) is 0 Å². The number of methoxy groups -OCH3 is 3. The van der Waals surface area contributed by atoms with E-state index in [1.807, 2.05) is 51.1 Å². The predicted octanol–water partition coefficient (Wildman–Crippen LogP) is 6.52. The van der Waals surface area contributed by atoms with E-state index in [4.69, 9.17) is 28.7 Å². The Morgan fingerprint density at radius 3 is 2.29 bits per heavy atom. The van der Waals surface area contributed by atoms with Crippen LogP contribution in [0.2, 0.25) is 0 Å². The fourth-order valence-corrected chi connectivity index (χ4v) is 5.82. The molecule has 0 bridgehead atoms. The summed E-state index contributed by atoms with van der Waals surface area (Å²) in [5.41, 5.74) is 3.85. The lowest BCUT2D eigenvalue weighted by Gasteiger charge is -2.32. The van der Waals surface area contributed by atoms with Crippen LogP contribution in [-0.2, 0) is 0 Å². The third-order valence-electron chi connectivity index (χ3n) is 8.37. The van der Waals surface area contributed by atoms with Crippen molar-refractivity contribution >= 4 is 29.2 Å². The van der Waals surface area contributed by atoms with Crippen molar-refractivity contribution in [1.82, 2.24) is 19.8 Å². The number of anilines is 4. The molecule has 1 amide bonds. The molecular weight excluding hydrogens is 624 g/mol. The van der Waals surface area contributed by atoms with Crippen LogP contribution in [0.3, 0.4) is 0 Å². The highest BCUT2D eigenvalue weighted by Crippen LogP contribution is 2.38. The maximum atomic E-state index is 14.0. The molecule has 12 nitrogen and oxygen atoms in total. The molecule has 5 rings (SSSR count). The molecule has 260 valence electrons. The summed E-state index contributed by atoms with van der Waals surface area (Å²) < 4.78 is 28.8. The van der Waals surface area contributed by atoms with E-state index in [0.29, 0.717) is 46.7 Å². The zero-order valence-electron chi connectivity index (χ0n) is 29.4. The number of hydrogen-bond donors (Lipinski definition) is 1. The number of nitrogens with zero attached hydrogens (tertiary/aromatic N) is 5. The van der Waals surface area contributed by atoms with Gasteiger partial charge in [0.1, 0.15) is 23.1 Å². The van der Waals surface area contributed by atoms with Gasteiger partial charge in [-0.3, -0.25) is 0 Å². The summed E-state index contributed by atoms with van der Waals surface area (Å²) in [6, 6.07) is 16.3. The first-order valence-electron chi connectivity index (χ1n) is 16.3. The standard InChI is InChI=1S/C37H46N6O6/c1-25-21-26(2)35(27(3)22-25)49-37(44)43(30-11-10-29(45-5)24-32(30)46-6)34-13-14-38-36(40-34)39-28-9-12-31(33(23-28)47-7)48-20-8-15-42-18-16-41(4)17-19-42/h9-14,21-24H,8,15-20H2,1-7H3,(H,38,39,40). The van der Waals surface area contributed by atoms with Gasteiger partial charge >= 0.3 is 6.09 Å². The lowest BCUT2D eigenvalue weighted by Crippen LogP contribution is -2.44. The van der Waals surface area contributed by atoms with Crippen LogP contribution >= 0.6 is 0 Å². The molecule has 0 spiro atoms. The molecule has 1 aliphatic rings. The van der Waals surface area contributed by atoms with Crippen molar-refractivity contribution in [3.8, 4) is 28.7 Å². The van der Waals surface area contributed by atoms with Crippen molar-refractivity contribution in [2.45, 2.75) is 27.2 Å². The Hall–Kier alpha value is -5.07. The van der Waals surface area contributed by atoms with E-state index in [9.17, 15) is 4.79 Å². The van der Waals surface area contributed by atoms with Gasteiger partial charge in [0, 0.05) is 62.8 Å². The summed E-state index contributed by atoms with van der Waals surface area (Å²) in [6.07, 6.45) is 1.83. The van der Waals surface area contributed by atoms with E-state index in [1.54, 1.807) is 44.7 Å². The molecule has 4 aromatic rings. The monoisotopic (exact) mass is 670 g/mol. The lowest BCUT2D eigenvalue weighted by molar-refractivity contribution is 0.145. The second-order valence-corrected chi connectivity index (χ2v) is 12.0. The number of aromatic nitrogens is 2. The first-order chi connectivity index (χ1) is 23.7. The van der Waals surface area contributed by atoms with Crippen LogP contribution in [-0.4, -0.2) is 93.6 Å². The van der Waals surface area contributed by atoms with Crippen LogP contribution in [0.5, 0.6) is 28.7 Å². The molecule has 12 heteroatoms. The fraction of sp³-hybridized carbons (Fsp3) is 0.378. The Morgan fingerprint density at radius 2 is 1.59 bits per heavy atom. The van der Waals surface area contributed by atoms with Crippen LogP contribution in [0.25, 0.3) is 0 Å². The second kappa shape index (κ2) is 16.4. The summed E-state index contributed by atoms with van der Waals surface area (Å²) in [5.74, 6) is 3.20. The normalized spacial score (nSPS) is 13.4. The molecule has 0 saturated carbocycles. The van der Waals surface area contributed by atoms with Gasteiger partial charge < -0.3 is 38.8 Å². The average Bonchev–Trinajstić information content (AvgIpc) is 3.10. The molecule has 0 radical (unpaired) electrons. The molecule has 0 unspecified atom stereocenters. The zero-order valence-corrected chi connectivity index (χ0v) is 29.4. The number of piperazine rings is 1. The molecule has 0 aliphatic carbocycles. The highest BCUT2D eigenvalue weighted by Gasteiger charge is 2.27. The summed E-state index contributed by atoms with van der Waals surface area (Å²) in [6.45, 7) is 11.8. The molecule has 1 N–H and O–H groups in total. The number of benzene rings is 3. The topological polar surface area (TPSA) is 111 Å². The Balaban J connectivity index is 1.36. The largest absolute Gasteiger partial charge is 0.497 e. The maximum Gasteiger partial charge on any atom is 0.425 e. The Kier molecular flexibility index (Phi) is 11.8. The number of aryl methyl sites for hydroxylation is 3. The molecule has 0 atom stereocenters. The molecule has 1 saturated heterocycles.